The number of furan rings is 1. The van der Waals surface area contributed by atoms with Gasteiger partial charge in [0.15, 0.2) is 0 Å². The molecule has 2 N–H and O–H groups in total. The first kappa shape index (κ1) is 14.9. The number of nitrogens with one attached hydrogen (secondary N) is 1. The third-order valence-corrected chi connectivity index (χ3v) is 3.60. The van der Waals surface area contributed by atoms with E-state index >= 15 is 0 Å². The molecule has 1 aromatic heterocycles. The number of hydrogen-bond donors (Lipinski definition) is 2. The van der Waals surface area contributed by atoms with Gasteiger partial charge in [0.1, 0.15) is 11.5 Å². The Morgan fingerprint density at radius 3 is 2.85 bits per heavy atom. The molecule has 4 atom stereocenters. The van der Waals surface area contributed by atoms with Crippen LogP contribution >= 0.6 is 0 Å². The van der Waals surface area contributed by atoms with E-state index in [0.717, 1.165) is 5.76 Å². The molecule has 1 heterocycles. The van der Waals surface area contributed by atoms with Crippen LogP contribution in [0.2, 0.25) is 0 Å². The number of carbonyl (C=O) groups is 1. The summed E-state index contributed by atoms with van der Waals surface area (Å²) >= 11 is 0. The van der Waals surface area contributed by atoms with Crippen LogP contribution in [0.15, 0.2) is 22.6 Å². The van der Waals surface area contributed by atoms with Crippen LogP contribution in [0.4, 0.5) is 0 Å². The maximum Gasteiger partial charge on any atom is 0.244 e. The summed E-state index contributed by atoms with van der Waals surface area (Å²) in [7, 11) is 0. The highest BCUT2D eigenvalue weighted by molar-refractivity contribution is 5.91. The molecule has 1 saturated carbocycles. The molecule has 0 saturated heterocycles. The predicted molar refractivity (Wildman–Crippen MR) is 78.2 cm³/mol. The van der Waals surface area contributed by atoms with Gasteiger partial charge in [-0.3, -0.25) is 4.79 Å². The first-order valence-corrected chi connectivity index (χ1v) is 7.22. The van der Waals surface area contributed by atoms with Crippen molar-refractivity contribution in [1.82, 2.24) is 5.32 Å². The summed E-state index contributed by atoms with van der Waals surface area (Å²) < 4.78 is 5.69. The van der Waals surface area contributed by atoms with Gasteiger partial charge in [-0.05, 0) is 50.8 Å². The van der Waals surface area contributed by atoms with Crippen molar-refractivity contribution in [2.45, 2.75) is 51.7 Å². The van der Waals surface area contributed by atoms with E-state index in [1.54, 1.807) is 13.0 Å². The lowest BCUT2D eigenvalue weighted by atomic mass is 10.1. The Morgan fingerprint density at radius 1 is 1.55 bits per heavy atom. The average Bonchev–Trinajstić information content (AvgIpc) is 2.89. The predicted octanol–water partition coefficient (Wildman–Crippen LogP) is 2.69. The highest BCUT2D eigenvalue weighted by Gasteiger charge is 2.36. The van der Waals surface area contributed by atoms with Crippen LogP contribution in [0.3, 0.4) is 0 Å². The van der Waals surface area contributed by atoms with Gasteiger partial charge in [-0.2, -0.15) is 0 Å². The van der Waals surface area contributed by atoms with E-state index in [9.17, 15) is 9.90 Å². The molecule has 4 unspecified atom stereocenters. The Kier molecular flexibility index (Phi) is 4.65. The summed E-state index contributed by atoms with van der Waals surface area (Å²) in [6, 6.07) is 3.83. The van der Waals surface area contributed by atoms with Gasteiger partial charge in [0.05, 0.1) is 6.10 Å². The summed E-state index contributed by atoms with van der Waals surface area (Å²) in [5.41, 5.74) is 0. The molecule has 1 aliphatic carbocycles. The third kappa shape index (κ3) is 4.23. The fraction of sp³-hybridized carbons (Fsp3) is 0.562. The first-order valence-electron chi connectivity index (χ1n) is 7.22. The minimum absolute atomic E-state index is 0.0494. The molecular formula is C16H23NO3. The smallest absolute Gasteiger partial charge is 0.244 e. The molecule has 0 aliphatic heterocycles. The highest BCUT2D eigenvalue weighted by Crippen LogP contribution is 2.47. The van der Waals surface area contributed by atoms with E-state index in [1.807, 2.05) is 19.1 Å². The second-order valence-electron chi connectivity index (χ2n) is 5.89. The summed E-state index contributed by atoms with van der Waals surface area (Å²) in [4.78, 5) is 11.7. The van der Waals surface area contributed by atoms with E-state index in [0.29, 0.717) is 24.0 Å². The minimum Gasteiger partial charge on any atom is -0.461 e. The van der Waals surface area contributed by atoms with Crippen LogP contribution in [0.5, 0.6) is 0 Å². The van der Waals surface area contributed by atoms with Crippen LogP contribution in [-0.4, -0.2) is 23.2 Å². The normalized spacial score (nSPS) is 24.6. The number of aliphatic hydroxyl groups excluding tert-OH is 1. The van der Waals surface area contributed by atoms with Gasteiger partial charge in [0, 0.05) is 18.0 Å². The van der Waals surface area contributed by atoms with E-state index < -0.39 is 6.10 Å². The van der Waals surface area contributed by atoms with Crippen LogP contribution < -0.4 is 5.32 Å². The SMILES string of the molecule is CC(O)CC(C)NC(=O)/C=C/c1ccc(C2CC2C)o1. The molecule has 1 amide bonds. The Morgan fingerprint density at radius 2 is 2.25 bits per heavy atom. The van der Waals surface area contributed by atoms with Gasteiger partial charge in [-0.1, -0.05) is 6.92 Å². The summed E-state index contributed by atoms with van der Waals surface area (Å²) in [6.07, 6.45) is 4.47. The highest BCUT2D eigenvalue weighted by atomic mass is 16.3. The lowest BCUT2D eigenvalue weighted by Crippen LogP contribution is -2.33. The monoisotopic (exact) mass is 277 g/mol. The van der Waals surface area contributed by atoms with Gasteiger partial charge >= 0.3 is 0 Å². The van der Waals surface area contributed by atoms with Crippen molar-refractivity contribution in [3.8, 4) is 0 Å². The van der Waals surface area contributed by atoms with Crippen molar-refractivity contribution in [3.05, 3.63) is 29.7 Å². The Labute approximate surface area is 119 Å². The van der Waals surface area contributed by atoms with E-state index in [-0.39, 0.29) is 11.9 Å². The zero-order chi connectivity index (χ0) is 14.7. The number of aliphatic hydroxyl groups is 1. The Bertz CT molecular complexity index is 490. The second-order valence-corrected chi connectivity index (χ2v) is 5.89. The fourth-order valence-electron chi connectivity index (χ4n) is 2.40. The van der Waals surface area contributed by atoms with E-state index in [1.165, 1.54) is 12.5 Å². The van der Waals surface area contributed by atoms with Crippen LogP contribution in [0, 0.1) is 5.92 Å². The molecule has 4 heteroatoms. The quantitative estimate of drug-likeness (QED) is 0.786. The van der Waals surface area contributed by atoms with E-state index in [2.05, 4.69) is 12.2 Å². The molecule has 1 aromatic rings. The number of rotatable bonds is 6. The molecule has 0 bridgehead atoms. The maximum absolute atomic E-state index is 11.7. The maximum atomic E-state index is 11.7. The summed E-state index contributed by atoms with van der Waals surface area (Å²) in [6.45, 7) is 5.79. The number of carbonyl (C=O) groups excluding carboxylic acids is 1. The van der Waals surface area contributed by atoms with Gasteiger partial charge in [0.2, 0.25) is 5.91 Å². The van der Waals surface area contributed by atoms with Gasteiger partial charge < -0.3 is 14.8 Å². The lowest BCUT2D eigenvalue weighted by Gasteiger charge is -2.13. The molecule has 20 heavy (non-hydrogen) atoms. The summed E-state index contributed by atoms with van der Waals surface area (Å²) in [5, 5.41) is 12.0. The van der Waals surface area contributed by atoms with Crippen molar-refractivity contribution in [2.75, 3.05) is 0 Å². The minimum atomic E-state index is -0.414. The van der Waals surface area contributed by atoms with Gasteiger partial charge in [0.25, 0.3) is 0 Å². The largest absolute Gasteiger partial charge is 0.461 e. The van der Waals surface area contributed by atoms with Crippen LogP contribution in [-0.2, 0) is 4.79 Å². The second kappa shape index (κ2) is 6.27. The molecule has 0 spiro atoms. The van der Waals surface area contributed by atoms with Gasteiger partial charge in [-0.25, -0.2) is 0 Å². The topological polar surface area (TPSA) is 62.5 Å². The molecule has 110 valence electrons. The van der Waals surface area contributed by atoms with Crippen LogP contribution in [0.1, 0.15) is 51.1 Å². The summed E-state index contributed by atoms with van der Waals surface area (Å²) in [5.74, 6) is 2.81. The number of hydrogen-bond acceptors (Lipinski definition) is 3. The van der Waals surface area contributed by atoms with Crippen molar-refractivity contribution in [3.63, 3.8) is 0 Å². The van der Waals surface area contributed by atoms with Gasteiger partial charge in [-0.15, -0.1) is 0 Å². The zero-order valence-electron chi connectivity index (χ0n) is 12.3. The lowest BCUT2D eigenvalue weighted by molar-refractivity contribution is -0.117. The number of amides is 1. The molecule has 2 rings (SSSR count). The van der Waals surface area contributed by atoms with Crippen molar-refractivity contribution in [2.24, 2.45) is 5.92 Å². The Hall–Kier alpha value is -1.55. The Balaban J connectivity index is 1.82. The van der Waals surface area contributed by atoms with E-state index in [4.69, 9.17) is 4.42 Å². The fourth-order valence-corrected chi connectivity index (χ4v) is 2.40. The zero-order valence-corrected chi connectivity index (χ0v) is 12.3. The third-order valence-electron chi connectivity index (χ3n) is 3.60. The van der Waals surface area contributed by atoms with Crippen molar-refractivity contribution < 1.29 is 14.3 Å². The molecular weight excluding hydrogens is 254 g/mol. The molecule has 4 nitrogen and oxygen atoms in total. The van der Waals surface area contributed by atoms with Crippen molar-refractivity contribution >= 4 is 12.0 Å². The van der Waals surface area contributed by atoms with Crippen molar-refractivity contribution in [1.29, 1.82) is 0 Å². The average molecular weight is 277 g/mol. The molecule has 1 fully saturated rings. The molecule has 1 aliphatic rings. The van der Waals surface area contributed by atoms with Crippen LogP contribution in [0.25, 0.3) is 6.08 Å². The molecule has 0 aromatic carbocycles. The standard InChI is InChI=1S/C16H23NO3/c1-10-8-14(10)15-6-4-13(20-15)5-7-16(19)17-11(2)9-12(3)18/h4-7,10-12,14,18H,8-9H2,1-3H3,(H,17,19)/b7-5+. The first-order chi connectivity index (χ1) is 9.45. The molecule has 0 radical (unpaired) electrons.